The molecular weight excluding hydrogens is 174 g/mol. The Labute approximate surface area is 65.4 Å². The van der Waals surface area contributed by atoms with Crippen LogP contribution in [0, 0.1) is 0 Å². The van der Waals surface area contributed by atoms with Crippen LogP contribution in [0.4, 0.5) is 0 Å². The minimum Gasteiger partial charge on any atom is -0.344 e. The van der Waals surface area contributed by atoms with E-state index in [0.717, 1.165) is 10.8 Å². The smallest absolute Gasteiger partial charge is 0.322 e. The summed E-state index contributed by atoms with van der Waals surface area (Å²) in [5.41, 5.74) is 0. The Bertz CT molecular complexity index is 142. The van der Waals surface area contributed by atoms with Crippen LogP contribution in [0.2, 0.25) is 0 Å². The van der Waals surface area contributed by atoms with Crippen molar-refractivity contribution in [2.24, 2.45) is 0 Å². The standard InChI is InChI=1S/C4H10O3S2.H3N/c1-3-7-9(5,6)8-4-2;/h3-4H2,1-2H3;1H3. The van der Waals surface area contributed by atoms with Crippen molar-refractivity contribution >= 4 is 19.9 Å². The van der Waals surface area contributed by atoms with Crippen molar-refractivity contribution in [3.63, 3.8) is 0 Å². The molecule has 0 rings (SSSR count). The van der Waals surface area contributed by atoms with E-state index in [2.05, 4.69) is 4.18 Å². The lowest BCUT2D eigenvalue weighted by Crippen LogP contribution is -1.99. The molecule has 3 N–H and O–H groups in total. The molecule has 0 aliphatic heterocycles. The van der Waals surface area contributed by atoms with Gasteiger partial charge in [-0.05, 0) is 17.7 Å². The highest BCUT2D eigenvalue weighted by molar-refractivity contribution is 8.70. The fourth-order valence-corrected chi connectivity index (χ4v) is 2.33. The van der Waals surface area contributed by atoms with Crippen LogP contribution in [0.5, 0.6) is 0 Å². The molecule has 0 saturated carbocycles. The van der Waals surface area contributed by atoms with E-state index in [1.165, 1.54) is 0 Å². The highest BCUT2D eigenvalue weighted by atomic mass is 33.1. The first kappa shape index (κ1) is 12.9. The van der Waals surface area contributed by atoms with E-state index in [9.17, 15) is 8.42 Å². The zero-order valence-electron chi connectivity index (χ0n) is 6.16. The van der Waals surface area contributed by atoms with Crippen LogP contribution in [0.25, 0.3) is 0 Å². The van der Waals surface area contributed by atoms with Crippen LogP contribution in [-0.4, -0.2) is 20.8 Å². The predicted molar refractivity (Wildman–Crippen MR) is 43.7 cm³/mol. The average Bonchev–Trinajstić information content (AvgIpc) is 1.64. The molecule has 0 spiro atoms. The van der Waals surface area contributed by atoms with Gasteiger partial charge >= 0.3 is 9.15 Å². The lowest BCUT2D eigenvalue weighted by Gasteiger charge is -1.97. The Morgan fingerprint density at radius 1 is 1.40 bits per heavy atom. The molecule has 0 aliphatic carbocycles. The third-order valence-corrected chi connectivity index (χ3v) is 3.43. The number of rotatable bonds is 4. The molecule has 0 amide bonds. The summed E-state index contributed by atoms with van der Waals surface area (Å²) in [7, 11) is -2.46. The van der Waals surface area contributed by atoms with Gasteiger partial charge in [-0.25, -0.2) is 0 Å². The van der Waals surface area contributed by atoms with Gasteiger partial charge in [0.15, 0.2) is 0 Å². The zero-order valence-corrected chi connectivity index (χ0v) is 7.80. The molecule has 0 fully saturated rings. The lowest BCUT2D eigenvalue weighted by atomic mass is 10.9. The summed E-state index contributed by atoms with van der Waals surface area (Å²) in [6, 6.07) is 0. The summed E-state index contributed by atoms with van der Waals surface area (Å²) in [5, 5.41) is 0. The topological polar surface area (TPSA) is 78.4 Å². The van der Waals surface area contributed by atoms with Gasteiger partial charge < -0.3 is 6.15 Å². The molecule has 4 nitrogen and oxygen atoms in total. The second-order valence-electron chi connectivity index (χ2n) is 1.22. The molecule has 0 aromatic heterocycles. The summed E-state index contributed by atoms with van der Waals surface area (Å²) in [4.78, 5) is 0. The molecule has 0 aromatic rings. The molecule has 10 heavy (non-hydrogen) atoms. The van der Waals surface area contributed by atoms with Crippen molar-refractivity contribution in [1.29, 1.82) is 0 Å². The molecule has 0 saturated heterocycles. The van der Waals surface area contributed by atoms with Crippen LogP contribution in [0.3, 0.4) is 0 Å². The van der Waals surface area contributed by atoms with E-state index in [-0.39, 0.29) is 12.8 Å². The first-order valence-electron chi connectivity index (χ1n) is 2.66. The Balaban J connectivity index is 0. The molecule has 6 heteroatoms. The van der Waals surface area contributed by atoms with Gasteiger partial charge in [-0.15, -0.1) is 0 Å². The van der Waals surface area contributed by atoms with Gasteiger partial charge in [0.25, 0.3) is 0 Å². The molecule has 64 valence electrons. The van der Waals surface area contributed by atoms with Gasteiger partial charge in [-0.3, -0.25) is 4.18 Å². The largest absolute Gasteiger partial charge is 0.344 e. The summed E-state index contributed by atoms with van der Waals surface area (Å²) in [5.74, 6) is 0.530. The predicted octanol–water partition coefficient (Wildman–Crippen LogP) is 1.18. The molecule has 0 aromatic carbocycles. The van der Waals surface area contributed by atoms with E-state index < -0.39 is 9.15 Å². The normalized spacial score (nSPS) is 10.6. The van der Waals surface area contributed by atoms with Crippen molar-refractivity contribution in [2.45, 2.75) is 13.8 Å². The molecule has 0 heterocycles. The molecule has 0 radical (unpaired) electrons. The maximum atomic E-state index is 10.6. The minimum absolute atomic E-state index is 0. The van der Waals surface area contributed by atoms with Crippen LogP contribution in [-0.2, 0) is 13.3 Å². The highest BCUT2D eigenvalue weighted by Crippen LogP contribution is 2.12. The molecular formula is C4H13NO3S2. The van der Waals surface area contributed by atoms with E-state index in [1.807, 2.05) is 0 Å². The van der Waals surface area contributed by atoms with Crippen LogP contribution < -0.4 is 6.15 Å². The first-order chi connectivity index (χ1) is 4.12. The van der Waals surface area contributed by atoms with Gasteiger partial charge in [0, 0.05) is 5.75 Å². The first-order valence-corrected chi connectivity index (χ1v) is 5.57. The molecule has 0 bridgehead atoms. The maximum absolute atomic E-state index is 10.6. The van der Waals surface area contributed by atoms with Gasteiger partial charge in [0.2, 0.25) is 0 Å². The molecule has 0 atom stereocenters. The fourth-order valence-electron chi connectivity index (χ4n) is 0.323. The second kappa shape index (κ2) is 5.96. The monoisotopic (exact) mass is 187 g/mol. The Morgan fingerprint density at radius 3 is 2.20 bits per heavy atom. The van der Waals surface area contributed by atoms with Crippen molar-refractivity contribution in [3.05, 3.63) is 0 Å². The van der Waals surface area contributed by atoms with Crippen LogP contribution >= 0.6 is 10.8 Å². The number of hydrogen-bond acceptors (Lipinski definition) is 5. The van der Waals surface area contributed by atoms with E-state index in [1.54, 1.807) is 13.8 Å². The number of hydrogen-bond donors (Lipinski definition) is 1. The quantitative estimate of drug-likeness (QED) is 0.669. The summed E-state index contributed by atoms with van der Waals surface area (Å²) in [6.45, 7) is 3.63. The average molecular weight is 187 g/mol. The summed E-state index contributed by atoms with van der Waals surface area (Å²) < 4.78 is 25.5. The highest BCUT2D eigenvalue weighted by Gasteiger charge is 2.07. The Hall–Kier alpha value is 0.220. The van der Waals surface area contributed by atoms with Crippen LogP contribution in [0.1, 0.15) is 13.8 Å². The SMILES string of the molecule is CCOS(=O)(=O)SCC.N. The fraction of sp³-hybridized carbons (Fsp3) is 1.00. The van der Waals surface area contributed by atoms with Crippen LogP contribution in [0.15, 0.2) is 0 Å². The van der Waals surface area contributed by atoms with Crippen molar-refractivity contribution in [1.82, 2.24) is 6.15 Å². The van der Waals surface area contributed by atoms with Gasteiger partial charge in [-0.1, -0.05) is 6.92 Å². The van der Waals surface area contributed by atoms with E-state index >= 15 is 0 Å². The van der Waals surface area contributed by atoms with Crippen molar-refractivity contribution in [2.75, 3.05) is 12.4 Å². The van der Waals surface area contributed by atoms with Gasteiger partial charge in [-0.2, -0.15) is 8.42 Å². The molecule has 0 unspecified atom stereocenters. The van der Waals surface area contributed by atoms with E-state index in [4.69, 9.17) is 0 Å². The van der Waals surface area contributed by atoms with Gasteiger partial charge in [0.05, 0.1) is 6.61 Å². The third-order valence-electron chi connectivity index (χ3n) is 0.524. The second-order valence-corrected chi connectivity index (χ2v) is 5.02. The van der Waals surface area contributed by atoms with Crippen molar-refractivity contribution < 1.29 is 12.6 Å². The summed E-state index contributed by atoms with van der Waals surface area (Å²) >= 11 is 0. The zero-order chi connectivity index (χ0) is 7.33. The third kappa shape index (κ3) is 6.34. The lowest BCUT2D eigenvalue weighted by molar-refractivity contribution is 0.350. The Morgan fingerprint density at radius 2 is 1.90 bits per heavy atom. The summed E-state index contributed by atoms with van der Waals surface area (Å²) in [6.07, 6.45) is 0. The minimum atomic E-state index is -3.27. The maximum Gasteiger partial charge on any atom is 0.322 e. The Kier molecular flexibility index (Phi) is 7.67. The van der Waals surface area contributed by atoms with Gasteiger partial charge in [0.1, 0.15) is 0 Å². The molecule has 0 aliphatic rings. The van der Waals surface area contributed by atoms with E-state index in [0.29, 0.717) is 5.75 Å². The van der Waals surface area contributed by atoms with Crippen molar-refractivity contribution in [3.8, 4) is 0 Å².